The molecule has 1 heterocycles. The molecule has 5 nitrogen and oxygen atoms in total. The molecule has 0 aliphatic heterocycles. The fraction of sp³-hybridized carbons (Fsp3) is 0.385. The van der Waals surface area contributed by atoms with Crippen LogP contribution in [0.15, 0.2) is 24.5 Å². The van der Waals surface area contributed by atoms with Gasteiger partial charge in [-0.2, -0.15) is 0 Å². The first-order valence-corrected chi connectivity index (χ1v) is 5.98. The van der Waals surface area contributed by atoms with Crippen molar-refractivity contribution >= 4 is 22.4 Å². The van der Waals surface area contributed by atoms with Gasteiger partial charge in [0.1, 0.15) is 12.1 Å². The molecule has 0 bridgehead atoms. The highest BCUT2D eigenvalue weighted by Crippen LogP contribution is 2.21. The highest BCUT2D eigenvalue weighted by atomic mass is 15.1. The number of nitrogens with one attached hydrogen (secondary N) is 1. The second kappa shape index (κ2) is 5.18. The van der Waals surface area contributed by atoms with Crippen LogP contribution in [0, 0.1) is 0 Å². The summed E-state index contributed by atoms with van der Waals surface area (Å²) >= 11 is 0. The van der Waals surface area contributed by atoms with Crippen molar-refractivity contribution in [3.05, 3.63) is 24.5 Å². The molecule has 3 N–H and O–H groups in total. The van der Waals surface area contributed by atoms with Crippen LogP contribution >= 0.6 is 0 Å². The summed E-state index contributed by atoms with van der Waals surface area (Å²) in [6.45, 7) is 2.98. The van der Waals surface area contributed by atoms with E-state index in [2.05, 4.69) is 41.2 Å². The molecule has 0 aliphatic rings. The van der Waals surface area contributed by atoms with Crippen LogP contribution in [0.1, 0.15) is 6.92 Å². The Morgan fingerprint density at radius 2 is 2.11 bits per heavy atom. The van der Waals surface area contributed by atoms with E-state index in [1.54, 1.807) is 6.33 Å². The van der Waals surface area contributed by atoms with E-state index < -0.39 is 0 Å². The molecule has 0 saturated heterocycles. The van der Waals surface area contributed by atoms with E-state index in [4.69, 9.17) is 5.73 Å². The van der Waals surface area contributed by atoms with Gasteiger partial charge >= 0.3 is 0 Å². The standard InChI is InChI=1S/C13H19N5/c1-9(18(2)3)7-15-13-11-6-10(14)4-5-12(11)16-8-17-13/h4-6,8-9H,7,14H2,1-3H3,(H,15,16,17). The molecule has 2 rings (SSSR count). The van der Waals surface area contributed by atoms with E-state index in [1.165, 1.54) is 0 Å². The van der Waals surface area contributed by atoms with Crippen LogP contribution in [-0.4, -0.2) is 41.5 Å². The van der Waals surface area contributed by atoms with Crippen LogP contribution in [0.3, 0.4) is 0 Å². The lowest BCUT2D eigenvalue weighted by molar-refractivity contribution is 0.326. The second-order valence-electron chi connectivity index (χ2n) is 4.69. The number of fused-ring (bicyclic) bond motifs is 1. The van der Waals surface area contributed by atoms with Gasteiger partial charge in [0.2, 0.25) is 0 Å². The van der Waals surface area contributed by atoms with Crippen molar-refractivity contribution in [1.29, 1.82) is 0 Å². The van der Waals surface area contributed by atoms with E-state index in [-0.39, 0.29) is 0 Å². The molecule has 1 atom stereocenters. The highest BCUT2D eigenvalue weighted by Gasteiger charge is 2.07. The van der Waals surface area contributed by atoms with Gasteiger partial charge in [0.15, 0.2) is 0 Å². The Morgan fingerprint density at radius 3 is 2.83 bits per heavy atom. The van der Waals surface area contributed by atoms with Gasteiger partial charge in [0.25, 0.3) is 0 Å². The van der Waals surface area contributed by atoms with Crippen molar-refractivity contribution in [3.8, 4) is 0 Å². The number of hydrogen-bond donors (Lipinski definition) is 2. The monoisotopic (exact) mass is 245 g/mol. The number of nitrogens with two attached hydrogens (primary N) is 1. The summed E-state index contributed by atoms with van der Waals surface area (Å²) in [4.78, 5) is 10.7. The molecule has 2 aromatic rings. The largest absolute Gasteiger partial charge is 0.399 e. The van der Waals surface area contributed by atoms with E-state index >= 15 is 0 Å². The average molecular weight is 245 g/mol. The predicted octanol–water partition coefficient (Wildman–Crippen LogP) is 1.57. The van der Waals surface area contributed by atoms with Gasteiger partial charge in [-0.3, -0.25) is 0 Å². The Balaban J connectivity index is 2.25. The molecule has 1 aromatic carbocycles. The molecule has 1 unspecified atom stereocenters. The number of aromatic nitrogens is 2. The third kappa shape index (κ3) is 2.68. The lowest BCUT2D eigenvalue weighted by Gasteiger charge is -2.20. The summed E-state index contributed by atoms with van der Waals surface area (Å²) in [6.07, 6.45) is 1.57. The first-order valence-electron chi connectivity index (χ1n) is 5.98. The molecule has 0 spiro atoms. The Kier molecular flexibility index (Phi) is 3.62. The van der Waals surface area contributed by atoms with Crippen molar-refractivity contribution in [1.82, 2.24) is 14.9 Å². The summed E-state index contributed by atoms with van der Waals surface area (Å²) in [5, 5.41) is 4.31. The number of benzene rings is 1. The first kappa shape index (κ1) is 12.6. The van der Waals surface area contributed by atoms with E-state index in [0.717, 1.165) is 29.0 Å². The van der Waals surface area contributed by atoms with Gasteiger partial charge < -0.3 is 16.0 Å². The van der Waals surface area contributed by atoms with Crippen LogP contribution < -0.4 is 11.1 Å². The zero-order valence-electron chi connectivity index (χ0n) is 11.0. The lowest BCUT2D eigenvalue weighted by atomic mass is 10.2. The fourth-order valence-electron chi connectivity index (χ4n) is 1.64. The lowest BCUT2D eigenvalue weighted by Crippen LogP contribution is -2.31. The van der Waals surface area contributed by atoms with Crippen LogP contribution in [0.4, 0.5) is 11.5 Å². The topological polar surface area (TPSA) is 67.1 Å². The Bertz CT molecular complexity index is 538. The van der Waals surface area contributed by atoms with Crippen molar-refractivity contribution < 1.29 is 0 Å². The normalized spacial score (nSPS) is 12.9. The third-order valence-corrected chi connectivity index (χ3v) is 3.11. The van der Waals surface area contributed by atoms with Gasteiger partial charge in [-0.05, 0) is 39.2 Å². The zero-order chi connectivity index (χ0) is 13.1. The smallest absolute Gasteiger partial charge is 0.137 e. The van der Waals surface area contributed by atoms with Gasteiger partial charge in [-0.1, -0.05) is 0 Å². The summed E-state index contributed by atoms with van der Waals surface area (Å²) in [7, 11) is 4.12. The van der Waals surface area contributed by atoms with Crippen LogP contribution in [-0.2, 0) is 0 Å². The number of nitrogens with zero attached hydrogens (tertiary/aromatic N) is 3. The molecular formula is C13H19N5. The maximum absolute atomic E-state index is 5.81. The molecule has 18 heavy (non-hydrogen) atoms. The predicted molar refractivity (Wildman–Crippen MR) is 75.6 cm³/mol. The molecule has 1 aromatic heterocycles. The fourth-order valence-corrected chi connectivity index (χ4v) is 1.64. The van der Waals surface area contributed by atoms with Crippen molar-refractivity contribution in [2.45, 2.75) is 13.0 Å². The molecule has 0 fully saturated rings. The molecule has 0 amide bonds. The Labute approximate surface area is 107 Å². The maximum Gasteiger partial charge on any atom is 0.137 e. The molecule has 5 heteroatoms. The van der Waals surface area contributed by atoms with Crippen LogP contribution in [0.25, 0.3) is 10.9 Å². The Hall–Kier alpha value is -1.88. The number of likely N-dealkylation sites (N-methyl/N-ethyl adjacent to an activating group) is 1. The molecule has 0 radical (unpaired) electrons. The minimum Gasteiger partial charge on any atom is -0.399 e. The SMILES string of the molecule is CC(CNc1ncnc2ccc(N)cc12)N(C)C. The number of rotatable bonds is 4. The molecule has 0 saturated carbocycles. The van der Waals surface area contributed by atoms with Crippen LogP contribution in [0.2, 0.25) is 0 Å². The summed E-state index contributed by atoms with van der Waals surface area (Å²) < 4.78 is 0. The average Bonchev–Trinajstić information content (AvgIpc) is 2.35. The van der Waals surface area contributed by atoms with Crippen LogP contribution in [0.5, 0.6) is 0 Å². The van der Waals surface area contributed by atoms with Gasteiger partial charge in [-0.15, -0.1) is 0 Å². The van der Waals surface area contributed by atoms with E-state index in [1.807, 2.05) is 18.2 Å². The minimum absolute atomic E-state index is 0.427. The first-order chi connectivity index (χ1) is 8.58. The molecule has 96 valence electrons. The quantitative estimate of drug-likeness (QED) is 0.800. The number of anilines is 2. The summed E-state index contributed by atoms with van der Waals surface area (Å²) in [5.74, 6) is 0.834. The van der Waals surface area contributed by atoms with Gasteiger partial charge in [0, 0.05) is 23.7 Å². The maximum atomic E-state index is 5.81. The molecule has 0 aliphatic carbocycles. The summed E-state index contributed by atoms with van der Waals surface area (Å²) in [6, 6.07) is 6.09. The molecular weight excluding hydrogens is 226 g/mol. The number of hydrogen-bond acceptors (Lipinski definition) is 5. The van der Waals surface area contributed by atoms with Gasteiger partial charge in [-0.25, -0.2) is 9.97 Å². The third-order valence-electron chi connectivity index (χ3n) is 3.11. The highest BCUT2D eigenvalue weighted by molar-refractivity contribution is 5.91. The van der Waals surface area contributed by atoms with Crippen molar-refractivity contribution in [2.75, 3.05) is 31.7 Å². The van der Waals surface area contributed by atoms with Crippen molar-refractivity contribution in [3.63, 3.8) is 0 Å². The number of nitrogen functional groups attached to an aromatic ring is 1. The summed E-state index contributed by atoms with van der Waals surface area (Å²) in [5.41, 5.74) is 7.43. The second-order valence-corrected chi connectivity index (χ2v) is 4.69. The van der Waals surface area contributed by atoms with E-state index in [0.29, 0.717) is 6.04 Å². The van der Waals surface area contributed by atoms with Crippen molar-refractivity contribution in [2.24, 2.45) is 0 Å². The minimum atomic E-state index is 0.427. The van der Waals surface area contributed by atoms with E-state index in [9.17, 15) is 0 Å². The Morgan fingerprint density at radius 1 is 1.33 bits per heavy atom. The van der Waals surface area contributed by atoms with Gasteiger partial charge in [0.05, 0.1) is 5.52 Å². The zero-order valence-corrected chi connectivity index (χ0v) is 11.0.